The Bertz CT molecular complexity index is 583. The number of hydrogen-bond acceptors (Lipinski definition) is 7. The summed E-state index contributed by atoms with van der Waals surface area (Å²) in [4.78, 5) is 16.4. The fraction of sp³-hybridized carbons (Fsp3) is 0.812. The molecule has 2 fully saturated rings. The summed E-state index contributed by atoms with van der Waals surface area (Å²) in [5.41, 5.74) is 5.07. The zero-order chi connectivity index (χ0) is 17.3. The molecule has 8 nitrogen and oxygen atoms in total. The maximum absolute atomic E-state index is 12.2. The van der Waals surface area contributed by atoms with Gasteiger partial charge in [0.05, 0.1) is 5.92 Å². The molecule has 24 heavy (non-hydrogen) atoms. The Morgan fingerprint density at radius 2 is 2.12 bits per heavy atom. The number of nitrogens with two attached hydrogens (primary N) is 1. The van der Waals surface area contributed by atoms with Crippen LogP contribution in [-0.2, 0) is 4.74 Å². The van der Waals surface area contributed by atoms with Crippen molar-refractivity contribution in [2.75, 3.05) is 31.9 Å². The van der Waals surface area contributed by atoms with Gasteiger partial charge in [0.15, 0.2) is 0 Å². The normalized spacial score (nSPS) is 25.4. The molecule has 1 amide bonds. The Kier molecular flexibility index (Phi) is 4.67. The number of likely N-dealkylation sites (tertiary alicyclic amines) is 2. The highest BCUT2D eigenvalue weighted by Gasteiger charge is 2.37. The number of rotatable bonds is 3. The minimum atomic E-state index is -0.453. The topological polar surface area (TPSA) is 97.7 Å². The van der Waals surface area contributed by atoms with Gasteiger partial charge in [0.25, 0.3) is 0 Å². The lowest BCUT2D eigenvalue weighted by atomic mass is 9.96. The predicted molar refractivity (Wildman–Crippen MR) is 88.5 cm³/mol. The number of carbonyl (C=O) groups is 1. The molecule has 1 aromatic rings. The van der Waals surface area contributed by atoms with Gasteiger partial charge >= 0.3 is 12.1 Å². The summed E-state index contributed by atoms with van der Waals surface area (Å²) in [6, 6.07) is 0.351. The molecule has 0 bridgehead atoms. The summed E-state index contributed by atoms with van der Waals surface area (Å²) in [6.07, 6.45) is 2.91. The first-order valence-corrected chi connectivity index (χ1v) is 8.62. The van der Waals surface area contributed by atoms with E-state index in [1.807, 2.05) is 25.7 Å². The summed E-state index contributed by atoms with van der Waals surface area (Å²) in [5.74, 6) is 0.841. The third-order valence-electron chi connectivity index (χ3n) is 4.55. The average Bonchev–Trinajstić information content (AvgIpc) is 2.88. The van der Waals surface area contributed by atoms with E-state index in [0.717, 1.165) is 45.4 Å². The Morgan fingerprint density at radius 1 is 1.33 bits per heavy atom. The third-order valence-corrected chi connectivity index (χ3v) is 4.55. The van der Waals surface area contributed by atoms with Gasteiger partial charge in [-0.25, -0.2) is 4.79 Å². The average molecular weight is 337 g/mol. The van der Waals surface area contributed by atoms with E-state index in [1.165, 1.54) is 0 Å². The maximum atomic E-state index is 12.2. The van der Waals surface area contributed by atoms with Gasteiger partial charge in [-0.3, -0.25) is 0 Å². The minimum Gasteiger partial charge on any atom is -0.444 e. The quantitative estimate of drug-likeness (QED) is 0.898. The summed E-state index contributed by atoms with van der Waals surface area (Å²) in [6.45, 7) is 9.20. The summed E-state index contributed by atoms with van der Waals surface area (Å²) in [5, 5.41) is 7.77. The van der Waals surface area contributed by atoms with Crippen molar-refractivity contribution in [2.24, 2.45) is 0 Å². The van der Waals surface area contributed by atoms with Crippen molar-refractivity contribution < 1.29 is 13.9 Å². The van der Waals surface area contributed by atoms with E-state index in [9.17, 15) is 4.79 Å². The number of nitrogens with zero attached hydrogens (tertiary/aromatic N) is 4. The van der Waals surface area contributed by atoms with Crippen molar-refractivity contribution in [3.63, 3.8) is 0 Å². The van der Waals surface area contributed by atoms with Crippen LogP contribution in [0.4, 0.5) is 10.8 Å². The van der Waals surface area contributed by atoms with Crippen molar-refractivity contribution in [3.8, 4) is 0 Å². The number of amides is 1. The molecule has 3 rings (SSSR count). The Labute approximate surface area is 142 Å². The standard InChI is InChI=1S/C16H27N5O3/c1-16(2,3)24-15(22)21-8-6-12(21)10-20-7-4-5-11(9-20)13-18-19-14(17)23-13/h11-12H,4-10H2,1-3H3,(H2,17,19). The van der Waals surface area contributed by atoms with E-state index in [-0.39, 0.29) is 24.1 Å². The summed E-state index contributed by atoms with van der Waals surface area (Å²) >= 11 is 0. The van der Waals surface area contributed by atoms with Crippen LogP contribution in [0.3, 0.4) is 0 Å². The van der Waals surface area contributed by atoms with E-state index in [1.54, 1.807) is 0 Å². The smallest absolute Gasteiger partial charge is 0.410 e. The monoisotopic (exact) mass is 337 g/mol. The molecule has 2 unspecified atom stereocenters. The number of carbonyl (C=O) groups excluding carboxylic acids is 1. The molecule has 1 aromatic heterocycles. The Morgan fingerprint density at radius 3 is 2.71 bits per heavy atom. The van der Waals surface area contributed by atoms with E-state index < -0.39 is 5.60 Å². The highest BCUT2D eigenvalue weighted by Crippen LogP contribution is 2.28. The molecular formula is C16H27N5O3. The van der Waals surface area contributed by atoms with Crippen LogP contribution in [0, 0.1) is 0 Å². The summed E-state index contributed by atoms with van der Waals surface area (Å²) in [7, 11) is 0. The number of aromatic nitrogens is 2. The van der Waals surface area contributed by atoms with E-state index in [2.05, 4.69) is 15.1 Å². The van der Waals surface area contributed by atoms with Crippen LogP contribution >= 0.6 is 0 Å². The lowest BCUT2D eigenvalue weighted by Crippen LogP contribution is -2.57. The van der Waals surface area contributed by atoms with Crippen molar-refractivity contribution >= 4 is 12.1 Å². The number of ether oxygens (including phenoxy) is 1. The van der Waals surface area contributed by atoms with Gasteiger partial charge in [-0.2, -0.15) is 0 Å². The second-order valence-corrected chi connectivity index (χ2v) is 7.69. The van der Waals surface area contributed by atoms with Crippen LogP contribution in [0.5, 0.6) is 0 Å². The third kappa shape index (κ3) is 3.98. The van der Waals surface area contributed by atoms with Gasteiger partial charge in [0.2, 0.25) is 5.89 Å². The molecule has 2 aliphatic heterocycles. The molecule has 2 N–H and O–H groups in total. The van der Waals surface area contributed by atoms with Crippen molar-refractivity contribution in [3.05, 3.63) is 5.89 Å². The van der Waals surface area contributed by atoms with Gasteiger partial charge in [-0.1, -0.05) is 5.10 Å². The van der Waals surface area contributed by atoms with Crippen LogP contribution in [-0.4, -0.2) is 63.9 Å². The maximum Gasteiger partial charge on any atom is 0.410 e. The molecule has 0 spiro atoms. The molecule has 0 aliphatic carbocycles. The van der Waals surface area contributed by atoms with Crippen molar-refractivity contribution in [2.45, 2.75) is 57.6 Å². The van der Waals surface area contributed by atoms with Crippen molar-refractivity contribution in [1.29, 1.82) is 0 Å². The minimum absolute atomic E-state index is 0.122. The molecule has 0 aromatic carbocycles. The first-order valence-electron chi connectivity index (χ1n) is 8.62. The zero-order valence-electron chi connectivity index (χ0n) is 14.7. The highest BCUT2D eigenvalue weighted by atomic mass is 16.6. The van der Waals surface area contributed by atoms with Crippen LogP contribution < -0.4 is 5.73 Å². The fourth-order valence-electron chi connectivity index (χ4n) is 3.32. The van der Waals surface area contributed by atoms with Crippen LogP contribution in [0.15, 0.2) is 4.42 Å². The Hall–Kier alpha value is -1.83. The van der Waals surface area contributed by atoms with E-state index >= 15 is 0 Å². The van der Waals surface area contributed by atoms with Gasteiger partial charge in [-0.05, 0) is 46.6 Å². The number of nitrogen functional groups attached to an aromatic ring is 1. The molecule has 0 radical (unpaired) electrons. The first kappa shape index (κ1) is 17.0. The van der Waals surface area contributed by atoms with Gasteiger partial charge in [-0.15, -0.1) is 5.10 Å². The molecule has 2 saturated heterocycles. The second kappa shape index (κ2) is 6.58. The lowest BCUT2D eigenvalue weighted by molar-refractivity contribution is -0.0138. The SMILES string of the molecule is CC(C)(C)OC(=O)N1CCC1CN1CCCC(c2nnc(N)o2)C1. The molecule has 3 heterocycles. The molecule has 8 heteroatoms. The highest BCUT2D eigenvalue weighted by molar-refractivity contribution is 5.69. The molecule has 2 aliphatic rings. The van der Waals surface area contributed by atoms with Gasteiger partial charge in [0, 0.05) is 25.7 Å². The first-order chi connectivity index (χ1) is 11.3. The van der Waals surface area contributed by atoms with E-state index in [4.69, 9.17) is 14.9 Å². The lowest BCUT2D eigenvalue weighted by Gasteiger charge is -2.44. The molecule has 134 valence electrons. The Balaban J connectivity index is 1.53. The largest absolute Gasteiger partial charge is 0.444 e. The summed E-state index contributed by atoms with van der Waals surface area (Å²) < 4.78 is 10.9. The number of anilines is 1. The zero-order valence-corrected chi connectivity index (χ0v) is 14.7. The fourth-order valence-corrected chi connectivity index (χ4v) is 3.32. The van der Waals surface area contributed by atoms with Gasteiger partial charge < -0.3 is 24.7 Å². The van der Waals surface area contributed by atoms with E-state index in [0.29, 0.717) is 5.89 Å². The van der Waals surface area contributed by atoms with Crippen LogP contribution in [0.2, 0.25) is 0 Å². The second-order valence-electron chi connectivity index (χ2n) is 7.69. The molecule has 0 saturated carbocycles. The predicted octanol–water partition coefficient (Wildman–Crippen LogP) is 1.84. The molecular weight excluding hydrogens is 310 g/mol. The van der Waals surface area contributed by atoms with Crippen LogP contribution in [0.25, 0.3) is 0 Å². The van der Waals surface area contributed by atoms with Gasteiger partial charge in [0.1, 0.15) is 5.60 Å². The number of hydrogen-bond donors (Lipinski definition) is 1. The van der Waals surface area contributed by atoms with Crippen molar-refractivity contribution in [1.82, 2.24) is 20.0 Å². The van der Waals surface area contributed by atoms with Crippen LogP contribution in [0.1, 0.15) is 51.8 Å². The molecule has 2 atom stereocenters. The number of piperidine rings is 1.